The number of amides is 3. The monoisotopic (exact) mass is 379 g/mol. The average molecular weight is 380 g/mol. The molecule has 6 nitrogen and oxygen atoms in total. The second-order valence-electron chi connectivity index (χ2n) is 5.28. The summed E-state index contributed by atoms with van der Waals surface area (Å²) in [7, 11) is 0. The maximum atomic E-state index is 11.9. The third-order valence-corrected chi connectivity index (χ3v) is 4.43. The Morgan fingerprint density at radius 2 is 1.84 bits per heavy atom. The van der Waals surface area contributed by atoms with Gasteiger partial charge in [0.2, 0.25) is 11.8 Å². The summed E-state index contributed by atoms with van der Waals surface area (Å²) >= 11 is 7.21. The Labute approximate surface area is 154 Å². The average Bonchev–Trinajstić information content (AvgIpc) is 3.12. The van der Waals surface area contributed by atoms with E-state index < -0.39 is 5.91 Å². The van der Waals surface area contributed by atoms with Crippen molar-refractivity contribution in [3.05, 3.63) is 57.2 Å². The summed E-state index contributed by atoms with van der Waals surface area (Å²) in [5.41, 5.74) is 0.871. The second-order valence-corrected chi connectivity index (χ2v) is 6.67. The fourth-order valence-corrected chi connectivity index (χ4v) is 2.89. The summed E-state index contributed by atoms with van der Waals surface area (Å²) in [5.74, 6) is -1.08. The third-order valence-electron chi connectivity index (χ3n) is 3.33. The van der Waals surface area contributed by atoms with Crippen LogP contribution in [-0.2, 0) is 9.59 Å². The first-order chi connectivity index (χ1) is 12.0. The van der Waals surface area contributed by atoms with E-state index in [1.165, 1.54) is 11.3 Å². The maximum absolute atomic E-state index is 11.9. The van der Waals surface area contributed by atoms with E-state index in [0.29, 0.717) is 9.90 Å². The van der Waals surface area contributed by atoms with Crippen molar-refractivity contribution in [3.63, 3.8) is 0 Å². The number of carbonyl (C=O) groups excluding carboxylic acids is 3. The largest absolute Gasteiger partial charge is 0.348 e. The molecule has 0 aliphatic rings. The normalized spacial score (nSPS) is 11.4. The second kappa shape index (κ2) is 9.19. The van der Waals surface area contributed by atoms with Gasteiger partial charge in [0.15, 0.2) is 0 Å². The summed E-state index contributed by atoms with van der Waals surface area (Å²) in [5, 5.41) is 10.1. The van der Waals surface area contributed by atoms with Gasteiger partial charge in [-0.3, -0.25) is 14.4 Å². The van der Waals surface area contributed by atoms with Crippen molar-refractivity contribution in [1.82, 2.24) is 16.0 Å². The number of carbonyl (C=O) groups is 3. The third kappa shape index (κ3) is 6.21. The Bertz CT molecular complexity index is 749. The Kier molecular flexibility index (Phi) is 6.97. The van der Waals surface area contributed by atoms with Gasteiger partial charge < -0.3 is 16.0 Å². The molecule has 1 atom stereocenters. The molecule has 2 rings (SSSR count). The summed E-state index contributed by atoms with van der Waals surface area (Å²) in [6.07, 6.45) is 0. The van der Waals surface area contributed by atoms with Crippen molar-refractivity contribution in [3.8, 4) is 0 Å². The first-order valence-electron chi connectivity index (χ1n) is 7.59. The molecule has 0 fully saturated rings. The molecule has 0 aliphatic carbocycles. The first-order valence-corrected chi connectivity index (χ1v) is 8.84. The van der Waals surface area contributed by atoms with Crippen LogP contribution in [0.5, 0.6) is 0 Å². The molecule has 0 unspecified atom stereocenters. The molecule has 0 bridgehead atoms. The van der Waals surface area contributed by atoms with Crippen molar-refractivity contribution in [2.24, 2.45) is 0 Å². The van der Waals surface area contributed by atoms with Crippen LogP contribution in [0.2, 0.25) is 5.02 Å². The zero-order chi connectivity index (χ0) is 18.2. The molecule has 1 aromatic heterocycles. The van der Waals surface area contributed by atoms with Crippen LogP contribution in [0.4, 0.5) is 0 Å². The molecule has 2 aromatic rings. The maximum Gasteiger partial charge on any atom is 0.261 e. The van der Waals surface area contributed by atoms with Gasteiger partial charge in [-0.25, -0.2) is 0 Å². The molecular formula is C17H18ClN3O3S. The minimum atomic E-state index is -0.435. The molecule has 0 spiro atoms. The lowest BCUT2D eigenvalue weighted by atomic mass is 10.1. The van der Waals surface area contributed by atoms with Gasteiger partial charge in [-0.1, -0.05) is 29.8 Å². The quantitative estimate of drug-likeness (QED) is 0.688. The van der Waals surface area contributed by atoms with E-state index in [4.69, 9.17) is 11.6 Å². The number of nitrogens with one attached hydrogen (secondary N) is 3. The van der Waals surface area contributed by atoms with Crippen LogP contribution in [0.15, 0.2) is 41.8 Å². The van der Waals surface area contributed by atoms with Gasteiger partial charge in [0.1, 0.15) is 0 Å². The molecule has 0 radical (unpaired) electrons. The summed E-state index contributed by atoms with van der Waals surface area (Å²) in [4.78, 5) is 35.8. The van der Waals surface area contributed by atoms with Crippen LogP contribution in [0.1, 0.15) is 28.2 Å². The van der Waals surface area contributed by atoms with E-state index in [-0.39, 0.29) is 30.9 Å². The molecule has 0 saturated carbocycles. The van der Waals surface area contributed by atoms with Gasteiger partial charge in [-0.2, -0.15) is 0 Å². The molecule has 132 valence electrons. The van der Waals surface area contributed by atoms with Gasteiger partial charge >= 0.3 is 0 Å². The van der Waals surface area contributed by atoms with Crippen molar-refractivity contribution in [2.75, 3.05) is 13.1 Å². The number of benzene rings is 1. The predicted molar refractivity (Wildman–Crippen MR) is 97.7 cm³/mol. The summed E-state index contributed by atoms with van der Waals surface area (Å²) in [6, 6.07) is 10.4. The Hall–Kier alpha value is -2.38. The topological polar surface area (TPSA) is 87.3 Å². The molecule has 0 aliphatic heterocycles. The summed E-state index contributed by atoms with van der Waals surface area (Å²) < 4.78 is 0. The minimum Gasteiger partial charge on any atom is -0.348 e. The Balaban J connectivity index is 1.70. The minimum absolute atomic E-state index is 0.168. The molecule has 1 heterocycles. The number of halogens is 1. The summed E-state index contributed by atoms with van der Waals surface area (Å²) in [6.45, 7) is 1.47. The molecule has 3 amide bonds. The van der Waals surface area contributed by atoms with E-state index >= 15 is 0 Å². The lowest BCUT2D eigenvalue weighted by Crippen LogP contribution is -2.42. The predicted octanol–water partition coefficient (Wildman–Crippen LogP) is 2.12. The van der Waals surface area contributed by atoms with Crippen LogP contribution in [0.3, 0.4) is 0 Å². The standard InChI is InChI=1S/C17H18ClN3O3S/c1-11(12-4-2-5-13(18)8-12)21-16(23)10-19-15(22)9-20-17(24)14-6-3-7-25-14/h2-8,11H,9-10H2,1H3,(H,19,22)(H,20,24)(H,21,23)/t11-/m0/s1. The van der Waals surface area contributed by atoms with E-state index in [2.05, 4.69) is 16.0 Å². The smallest absolute Gasteiger partial charge is 0.261 e. The van der Waals surface area contributed by atoms with Crippen molar-refractivity contribution in [2.45, 2.75) is 13.0 Å². The number of hydrogen-bond acceptors (Lipinski definition) is 4. The number of thiophene rings is 1. The number of hydrogen-bond donors (Lipinski definition) is 3. The van der Waals surface area contributed by atoms with Gasteiger partial charge in [0, 0.05) is 5.02 Å². The van der Waals surface area contributed by atoms with Crippen molar-refractivity contribution < 1.29 is 14.4 Å². The Morgan fingerprint density at radius 1 is 1.08 bits per heavy atom. The van der Waals surface area contributed by atoms with Gasteiger partial charge in [-0.05, 0) is 36.1 Å². The zero-order valence-electron chi connectivity index (χ0n) is 13.5. The molecular weight excluding hydrogens is 362 g/mol. The highest BCUT2D eigenvalue weighted by molar-refractivity contribution is 7.12. The lowest BCUT2D eigenvalue weighted by Gasteiger charge is -2.15. The zero-order valence-corrected chi connectivity index (χ0v) is 15.1. The van der Waals surface area contributed by atoms with Crippen LogP contribution in [0.25, 0.3) is 0 Å². The van der Waals surface area contributed by atoms with Crippen LogP contribution < -0.4 is 16.0 Å². The number of rotatable bonds is 7. The highest BCUT2D eigenvalue weighted by Crippen LogP contribution is 2.17. The fourth-order valence-electron chi connectivity index (χ4n) is 2.05. The van der Waals surface area contributed by atoms with E-state index in [0.717, 1.165) is 5.56 Å². The molecule has 1 aromatic carbocycles. The SMILES string of the molecule is C[C@H](NC(=O)CNC(=O)CNC(=O)c1cccs1)c1cccc(Cl)c1. The molecule has 3 N–H and O–H groups in total. The van der Waals surface area contributed by atoms with E-state index in [9.17, 15) is 14.4 Å². The van der Waals surface area contributed by atoms with Gasteiger partial charge in [-0.15, -0.1) is 11.3 Å². The van der Waals surface area contributed by atoms with Crippen molar-refractivity contribution in [1.29, 1.82) is 0 Å². The lowest BCUT2D eigenvalue weighted by molar-refractivity contribution is -0.125. The molecule has 0 saturated heterocycles. The van der Waals surface area contributed by atoms with Gasteiger partial charge in [0.05, 0.1) is 24.0 Å². The first kappa shape index (κ1) is 19.0. The highest BCUT2D eigenvalue weighted by Gasteiger charge is 2.12. The highest BCUT2D eigenvalue weighted by atomic mass is 35.5. The molecule has 8 heteroatoms. The van der Waals surface area contributed by atoms with Gasteiger partial charge in [0.25, 0.3) is 5.91 Å². The van der Waals surface area contributed by atoms with Crippen LogP contribution in [-0.4, -0.2) is 30.8 Å². The Morgan fingerprint density at radius 3 is 2.52 bits per heavy atom. The fraction of sp³-hybridized carbons (Fsp3) is 0.235. The molecule has 25 heavy (non-hydrogen) atoms. The van der Waals surface area contributed by atoms with E-state index in [1.54, 1.807) is 35.7 Å². The van der Waals surface area contributed by atoms with Crippen LogP contribution in [0, 0.1) is 0 Å². The van der Waals surface area contributed by atoms with Crippen LogP contribution >= 0.6 is 22.9 Å². The van der Waals surface area contributed by atoms with Crippen molar-refractivity contribution >= 4 is 40.7 Å². The van der Waals surface area contributed by atoms with E-state index in [1.807, 2.05) is 13.0 Å².